The van der Waals surface area contributed by atoms with E-state index in [9.17, 15) is 12.8 Å². The summed E-state index contributed by atoms with van der Waals surface area (Å²) in [4.78, 5) is -0.166. The summed E-state index contributed by atoms with van der Waals surface area (Å²) in [5.41, 5.74) is 1.01. The summed E-state index contributed by atoms with van der Waals surface area (Å²) in [5.74, 6) is -0.727. The molecule has 1 N–H and O–H groups in total. The molecule has 1 aromatic heterocycles. The summed E-state index contributed by atoms with van der Waals surface area (Å²) in [7, 11) is -3.87. The van der Waals surface area contributed by atoms with Gasteiger partial charge in [0.05, 0.1) is 4.90 Å². The van der Waals surface area contributed by atoms with E-state index in [2.05, 4.69) is 9.88 Å². The van der Waals surface area contributed by atoms with Crippen LogP contribution in [0.4, 0.5) is 4.39 Å². The molecule has 0 unspecified atom stereocenters. The van der Waals surface area contributed by atoms with E-state index in [1.54, 1.807) is 12.1 Å². The minimum Gasteiger partial charge on any atom is -0.344 e. The molecule has 0 atom stereocenters. The molecule has 3 aromatic rings. The molecule has 25 heavy (non-hydrogen) atoms. The number of hydrogen-bond donors (Lipinski definition) is 1. The van der Waals surface area contributed by atoms with Crippen molar-refractivity contribution in [1.29, 1.82) is 0 Å². The Balaban J connectivity index is 1.76. The molecule has 0 spiro atoms. The first-order valence-corrected chi connectivity index (χ1v) is 9.86. The lowest BCUT2D eigenvalue weighted by Gasteiger charge is -2.25. The Kier molecular flexibility index (Phi) is 4.09. The van der Waals surface area contributed by atoms with E-state index in [1.165, 1.54) is 24.3 Å². The average Bonchev–Trinajstić information content (AvgIpc) is 3.06. The monoisotopic (exact) mass is 358 g/mol. The molecule has 6 heteroatoms. The van der Waals surface area contributed by atoms with Crippen LogP contribution in [0, 0.1) is 5.82 Å². The number of nitrogens with zero attached hydrogens (tertiary/aromatic N) is 1. The summed E-state index contributed by atoms with van der Waals surface area (Å²) in [6.45, 7) is 1.98. The van der Waals surface area contributed by atoms with Crippen LogP contribution in [-0.4, -0.2) is 26.1 Å². The second kappa shape index (κ2) is 6.28. The first-order valence-electron chi connectivity index (χ1n) is 8.38. The molecule has 2 aromatic carbocycles. The van der Waals surface area contributed by atoms with Crippen LogP contribution in [0.1, 0.15) is 18.9 Å². The van der Waals surface area contributed by atoms with Gasteiger partial charge in [-0.2, -0.15) is 0 Å². The molecular weight excluding hydrogens is 339 g/mol. The van der Waals surface area contributed by atoms with Crippen molar-refractivity contribution in [2.24, 2.45) is 0 Å². The molecule has 2 heterocycles. The smallest absolute Gasteiger partial charge is 0.209 e. The topological polar surface area (TPSA) is 51.1 Å². The van der Waals surface area contributed by atoms with Crippen molar-refractivity contribution in [2.75, 3.05) is 13.1 Å². The molecule has 0 radical (unpaired) electrons. The number of nitrogens with one attached hydrogen (secondary N) is 1. The SMILES string of the molecule is O=S(=O)(c1ccc2c(ccn2C2CCNCC2)c1)c1ccccc1F. The predicted octanol–water partition coefficient (Wildman–Crippen LogP) is 3.54. The molecule has 0 aliphatic carbocycles. The zero-order valence-corrected chi connectivity index (χ0v) is 14.5. The van der Waals surface area contributed by atoms with Crippen LogP contribution in [0.25, 0.3) is 10.9 Å². The van der Waals surface area contributed by atoms with E-state index in [-0.39, 0.29) is 9.79 Å². The third-order valence-corrected chi connectivity index (χ3v) is 6.62. The number of fused-ring (bicyclic) bond motifs is 1. The highest BCUT2D eigenvalue weighted by Crippen LogP contribution is 2.30. The number of piperidine rings is 1. The van der Waals surface area contributed by atoms with E-state index in [1.807, 2.05) is 18.3 Å². The molecule has 0 amide bonds. The van der Waals surface area contributed by atoms with Crippen molar-refractivity contribution in [1.82, 2.24) is 9.88 Å². The van der Waals surface area contributed by atoms with Gasteiger partial charge in [-0.15, -0.1) is 0 Å². The highest BCUT2D eigenvalue weighted by Gasteiger charge is 2.23. The van der Waals surface area contributed by atoms with Gasteiger partial charge in [0.25, 0.3) is 0 Å². The highest BCUT2D eigenvalue weighted by atomic mass is 32.2. The van der Waals surface area contributed by atoms with Crippen molar-refractivity contribution in [3.63, 3.8) is 0 Å². The Morgan fingerprint density at radius 3 is 2.56 bits per heavy atom. The third kappa shape index (κ3) is 2.85. The molecule has 1 aliphatic heterocycles. The molecular formula is C19H19FN2O2S. The Hall–Kier alpha value is -2.18. The fourth-order valence-corrected chi connectivity index (χ4v) is 4.87. The van der Waals surface area contributed by atoms with Gasteiger partial charge >= 0.3 is 0 Å². The van der Waals surface area contributed by atoms with Gasteiger partial charge in [-0.3, -0.25) is 0 Å². The fourth-order valence-electron chi connectivity index (χ4n) is 3.50. The van der Waals surface area contributed by atoms with Gasteiger partial charge in [0.15, 0.2) is 0 Å². The largest absolute Gasteiger partial charge is 0.344 e. The first kappa shape index (κ1) is 16.3. The lowest BCUT2D eigenvalue weighted by molar-refractivity contribution is 0.376. The molecule has 4 rings (SSSR count). The maximum absolute atomic E-state index is 13.9. The van der Waals surface area contributed by atoms with Gasteiger partial charge < -0.3 is 9.88 Å². The van der Waals surface area contributed by atoms with Crippen LogP contribution in [0.3, 0.4) is 0 Å². The standard InChI is InChI=1S/C19H19FN2O2S/c20-17-3-1-2-4-19(17)25(23,24)16-5-6-18-14(13-16)9-12-22(18)15-7-10-21-11-8-15/h1-6,9,12-13,15,21H,7-8,10-11H2. The Morgan fingerprint density at radius 1 is 1.04 bits per heavy atom. The van der Waals surface area contributed by atoms with Gasteiger partial charge in [-0.25, -0.2) is 12.8 Å². The predicted molar refractivity (Wildman–Crippen MR) is 94.9 cm³/mol. The summed E-state index contributed by atoms with van der Waals surface area (Å²) >= 11 is 0. The van der Waals surface area contributed by atoms with Crippen LogP contribution in [0.2, 0.25) is 0 Å². The summed E-state index contributed by atoms with van der Waals surface area (Å²) < 4.78 is 41.7. The van der Waals surface area contributed by atoms with Gasteiger partial charge in [-0.1, -0.05) is 12.1 Å². The number of aromatic nitrogens is 1. The minimum absolute atomic E-state index is 0.119. The highest BCUT2D eigenvalue weighted by molar-refractivity contribution is 7.91. The van der Waals surface area contributed by atoms with E-state index >= 15 is 0 Å². The van der Waals surface area contributed by atoms with Crippen LogP contribution in [-0.2, 0) is 9.84 Å². The summed E-state index contributed by atoms with van der Waals surface area (Å²) in [6, 6.07) is 12.9. The van der Waals surface area contributed by atoms with E-state index in [0.29, 0.717) is 6.04 Å². The maximum Gasteiger partial charge on any atom is 0.209 e. The van der Waals surface area contributed by atoms with Crippen LogP contribution in [0.5, 0.6) is 0 Å². The summed E-state index contributed by atoms with van der Waals surface area (Å²) in [6.07, 6.45) is 4.12. The lowest BCUT2D eigenvalue weighted by Crippen LogP contribution is -2.29. The fraction of sp³-hybridized carbons (Fsp3) is 0.263. The van der Waals surface area contributed by atoms with Gasteiger partial charge in [-0.05, 0) is 62.3 Å². The maximum atomic E-state index is 13.9. The quantitative estimate of drug-likeness (QED) is 0.779. The van der Waals surface area contributed by atoms with Crippen molar-refractivity contribution in [3.05, 3.63) is 60.5 Å². The number of hydrogen-bond acceptors (Lipinski definition) is 3. The Morgan fingerprint density at radius 2 is 1.80 bits per heavy atom. The zero-order chi connectivity index (χ0) is 17.4. The van der Waals surface area contributed by atoms with Gasteiger partial charge in [0.2, 0.25) is 9.84 Å². The van der Waals surface area contributed by atoms with Crippen molar-refractivity contribution in [3.8, 4) is 0 Å². The van der Waals surface area contributed by atoms with Gasteiger partial charge in [0, 0.05) is 23.1 Å². The van der Waals surface area contributed by atoms with Crippen molar-refractivity contribution < 1.29 is 12.8 Å². The first-order chi connectivity index (χ1) is 12.1. The number of sulfone groups is 1. The Labute approximate surface area is 146 Å². The van der Waals surface area contributed by atoms with E-state index in [4.69, 9.17) is 0 Å². The average molecular weight is 358 g/mol. The normalized spacial score (nSPS) is 16.4. The molecule has 1 saturated heterocycles. The van der Waals surface area contributed by atoms with E-state index < -0.39 is 15.7 Å². The second-order valence-corrected chi connectivity index (χ2v) is 8.28. The second-order valence-electron chi connectivity index (χ2n) is 6.36. The van der Waals surface area contributed by atoms with Gasteiger partial charge in [0.1, 0.15) is 10.7 Å². The number of halogens is 1. The van der Waals surface area contributed by atoms with E-state index in [0.717, 1.165) is 36.8 Å². The summed E-state index contributed by atoms with van der Waals surface area (Å²) in [5, 5.41) is 4.21. The molecule has 0 saturated carbocycles. The zero-order valence-electron chi connectivity index (χ0n) is 13.7. The van der Waals surface area contributed by atoms with Crippen LogP contribution < -0.4 is 5.32 Å². The minimum atomic E-state index is -3.87. The lowest BCUT2D eigenvalue weighted by atomic mass is 10.1. The molecule has 1 aliphatic rings. The molecule has 4 nitrogen and oxygen atoms in total. The van der Waals surface area contributed by atoms with Crippen molar-refractivity contribution in [2.45, 2.75) is 28.7 Å². The number of rotatable bonds is 3. The molecule has 0 bridgehead atoms. The van der Waals surface area contributed by atoms with Crippen LogP contribution >= 0.6 is 0 Å². The van der Waals surface area contributed by atoms with Crippen LogP contribution in [0.15, 0.2) is 64.5 Å². The molecule has 1 fully saturated rings. The number of benzene rings is 2. The van der Waals surface area contributed by atoms with Crippen molar-refractivity contribution >= 4 is 20.7 Å². The molecule has 130 valence electrons. The third-order valence-electron chi connectivity index (χ3n) is 4.83. The Bertz CT molecular complexity index is 1020.